The third kappa shape index (κ3) is 17.6. The first-order valence-electron chi connectivity index (χ1n) is 20.7. The number of ketones is 2. The van der Waals surface area contributed by atoms with Gasteiger partial charge < -0.3 is 28.4 Å². The molecular weight excluding hydrogens is 781 g/mol. The van der Waals surface area contributed by atoms with Crippen LogP contribution in [0.1, 0.15) is 96.3 Å². The van der Waals surface area contributed by atoms with Crippen LogP contribution in [0, 0.1) is 5.41 Å². The Balaban J connectivity index is 1.83. The predicted octanol–water partition coefficient (Wildman–Crippen LogP) is 8.64. The summed E-state index contributed by atoms with van der Waals surface area (Å²) in [5.41, 5.74) is 3.64. The maximum absolute atomic E-state index is 12.5. The SMILES string of the molecule is C=C(C)C(=O)OCCCc1cc(-c2ccc(OCc3ccc(CCCCCCCC)cc3)cc2)ccc1OCC(COC(=O)C(=C)C)(COC(=O)C(C)=O)COC(=O)C(C)=O. The summed E-state index contributed by atoms with van der Waals surface area (Å²) in [6.45, 7) is 13.0. The van der Waals surface area contributed by atoms with Gasteiger partial charge in [0.05, 0.1) is 6.61 Å². The van der Waals surface area contributed by atoms with Gasteiger partial charge in [0.25, 0.3) is 0 Å². The number of benzene rings is 3. The van der Waals surface area contributed by atoms with E-state index >= 15 is 0 Å². The third-order valence-electron chi connectivity index (χ3n) is 9.65. The molecule has 0 aliphatic carbocycles. The molecule has 328 valence electrons. The lowest BCUT2D eigenvalue weighted by molar-refractivity contribution is -0.168. The zero-order valence-electron chi connectivity index (χ0n) is 36.3. The maximum Gasteiger partial charge on any atom is 0.374 e. The highest BCUT2D eigenvalue weighted by Crippen LogP contribution is 2.31. The average Bonchev–Trinajstić information content (AvgIpc) is 3.25. The number of esters is 4. The largest absolute Gasteiger partial charge is 0.492 e. The van der Waals surface area contributed by atoms with Crippen molar-refractivity contribution in [1.82, 2.24) is 0 Å². The van der Waals surface area contributed by atoms with E-state index in [4.69, 9.17) is 28.4 Å². The van der Waals surface area contributed by atoms with Crippen LogP contribution in [0.25, 0.3) is 11.1 Å². The Morgan fingerprint density at radius 3 is 1.62 bits per heavy atom. The second-order valence-electron chi connectivity index (χ2n) is 15.4. The van der Waals surface area contributed by atoms with E-state index in [0.29, 0.717) is 36.5 Å². The molecule has 0 spiro atoms. The van der Waals surface area contributed by atoms with Crippen molar-refractivity contribution in [3.63, 3.8) is 0 Å². The van der Waals surface area contributed by atoms with Crippen molar-refractivity contribution in [1.29, 1.82) is 0 Å². The Morgan fingerprint density at radius 2 is 1.05 bits per heavy atom. The van der Waals surface area contributed by atoms with E-state index in [0.717, 1.165) is 37.0 Å². The van der Waals surface area contributed by atoms with E-state index in [1.807, 2.05) is 36.4 Å². The zero-order chi connectivity index (χ0) is 44.8. The van der Waals surface area contributed by atoms with Crippen molar-refractivity contribution in [2.24, 2.45) is 5.41 Å². The number of carbonyl (C=O) groups is 6. The molecular formula is C49H60O12. The van der Waals surface area contributed by atoms with Gasteiger partial charge in [0.1, 0.15) is 49.9 Å². The summed E-state index contributed by atoms with van der Waals surface area (Å²) in [4.78, 5) is 72.6. The number of hydrogen-bond donors (Lipinski definition) is 0. The van der Waals surface area contributed by atoms with Crippen molar-refractivity contribution in [3.8, 4) is 22.6 Å². The van der Waals surface area contributed by atoms with Crippen molar-refractivity contribution in [2.75, 3.05) is 33.0 Å². The third-order valence-corrected chi connectivity index (χ3v) is 9.65. The lowest BCUT2D eigenvalue weighted by Gasteiger charge is -2.32. The van der Waals surface area contributed by atoms with Crippen LogP contribution >= 0.6 is 0 Å². The lowest BCUT2D eigenvalue weighted by atomic mass is 9.91. The molecule has 0 atom stereocenters. The fourth-order valence-electron chi connectivity index (χ4n) is 5.93. The molecule has 0 amide bonds. The minimum atomic E-state index is -1.57. The monoisotopic (exact) mass is 840 g/mol. The Labute approximate surface area is 359 Å². The second kappa shape index (κ2) is 25.6. The van der Waals surface area contributed by atoms with Crippen LogP contribution in [0.4, 0.5) is 0 Å². The molecule has 0 saturated carbocycles. The molecule has 0 aliphatic rings. The highest BCUT2D eigenvalue weighted by molar-refractivity contribution is 6.32. The topological polar surface area (TPSA) is 158 Å². The van der Waals surface area contributed by atoms with Gasteiger partial charge in [0.15, 0.2) is 0 Å². The van der Waals surface area contributed by atoms with Gasteiger partial charge in [0.2, 0.25) is 11.6 Å². The molecule has 0 saturated heterocycles. The van der Waals surface area contributed by atoms with Crippen LogP contribution < -0.4 is 9.47 Å². The van der Waals surface area contributed by atoms with Crippen molar-refractivity contribution < 1.29 is 57.2 Å². The number of carbonyl (C=O) groups excluding carboxylic acids is 6. The quantitative estimate of drug-likeness (QED) is 0.0226. The molecule has 61 heavy (non-hydrogen) atoms. The summed E-state index contributed by atoms with van der Waals surface area (Å²) < 4.78 is 33.6. The first-order valence-corrected chi connectivity index (χ1v) is 20.7. The Morgan fingerprint density at radius 1 is 0.525 bits per heavy atom. The molecule has 0 aromatic heterocycles. The van der Waals surface area contributed by atoms with E-state index in [1.54, 1.807) is 13.0 Å². The molecule has 3 aromatic carbocycles. The Bertz CT molecular complexity index is 1900. The highest BCUT2D eigenvalue weighted by Gasteiger charge is 2.38. The molecule has 3 rings (SSSR count). The fourth-order valence-corrected chi connectivity index (χ4v) is 5.93. The van der Waals surface area contributed by atoms with Gasteiger partial charge in [-0.2, -0.15) is 0 Å². The van der Waals surface area contributed by atoms with Gasteiger partial charge in [-0.3, -0.25) is 9.59 Å². The number of unbranched alkanes of at least 4 members (excludes halogenated alkanes) is 5. The minimum absolute atomic E-state index is 0.0738. The minimum Gasteiger partial charge on any atom is -0.492 e. The van der Waals surface area contributed by atoms with Crippen LogP contribution in [0.15, 0.2) is 91.0 Å². The van der Waals surface area contributed by atoms with E-state index in [9.17, 15) is 28.8 Å². The summed E-state index contributed by atoms with van der Waals surface area (Å²) in [7, 11) is 0. The van der Waals surface area contributed by atoms with E-state index in [-0.39, 0.29) is 24.4 Å². The Kier molecular flexibility index (Phi) is 20.7. The fraction of sp³-hybridized carbons (Fsp3) is 0.429. The standard InChI is InChI=1S/C49H60O12/c1-8-9-10-11-12-13-15-38-17-19-39(20-18-38)29-57-43-24-21-40(22-25-43)41-23-26-44(42(28-41)16-14-27-56-45(52)34(2)3)58-30-49(31-59-46(53)35(4)5,32-60-47(54)36(6)50)33-61-48(55)37(7)51/h17-26,28H,2,4,8-16,27,29-33H2,1,3,5-7H3. The van der Waals surface area contributed by atoms with Gasteiger partial charge in [-0.25, -0.2) is 19.2 Å². The first kappa shape index (κ1) is 49.3. The van der Waals surface area contributed by atoms with Crippen molar-refractivity contribution in [2.45, 2.75) is 99.0 Å². The summed E-state index contributed by atoms with van der Waals surface area (Å²) in [5, 5.41) is 0. The summed E-state index contributed by atoms with van der Waals surface area (Å²) in [6.07, 6.45) is 9.52. The molecule has 0 fully saturated rings. The second-order valence-corrected chi connectivity index (χ2v) is 15.4. The number of rotatable bonds is 28. The molecule has 0 aliphatic heterocycles. The molecule has 0 N–H and O–H groups in total. The van der Waals surface area contributed by atoms with Gasteiger partial charge in [-0.1, -0.05) is 94.7 Å². The molecule has 0 unspecified atom stereocenters. The normalized spacial score (nSPS) is 10.9. The van der Waals surface area contributed by atoms with Gasteiger partial charge in [-0.05, 0) is 91.6 Å². The Hall–Kier alpha value is -6.04. The van der Waals surface area contributed by atoms with Gasteiger partial charge in [-0.15, -0.1) is 0 Å². The lowest BCUT2D eigenvalue weighted by Crippen LogP contribution is -2.45. The molecule has 0 bridgehead atoms. The van der Waals surface area contributed by atoms with Gasteiger partial charge in [0, 0.05) is 25.0 Å². The number of Topliss-reactive ketones (excluding diaryl/α,β-unsaturated/α-hetero) is 2. The summed E-state index contributed by atoms with van der Waals surface area (Å²) in [6, 6.07) is 21.8. The van der Waals surface area contributed by atoms with Crippen LogP contribution in [0.2, 0.25) is 0 Å². The summed E-state index contributed by atoms with van der Waals surface area (Å²) >= 11 is 0. The van der Waals surface area contributed by atoms with Gasteiger partial charge >= 0.3 is 23.9 Å². The van der Waals surface area contributed by atoms with Crippen LogP contribution in [0.5, 0.6) is 11.5 Å². The maximum atomic E-state index is 12.5. The molecule has 3 aromatic rings. The van der Waals surface area contributed by atoms with Crippen LogP contribution in [0.3, 0.4) is 0 Å². The smallest absolute Gasteiger partial charge is 0.374 e. The van der Waals surface area contributed by atoms with E-state index in [2.05, 4.69) is 44.3 Å². The summed E-state index contributed by atoms with van der Waals surface area (Å²) in [5.74, 6) is -4.33. The van der Waals surface area contributed by atoms with Crippen LogP contribution in [-0.4, -0.2) is 68.5 Å². The average molecular weight is 841 g/mol. The van der Waals surface area contributed by atoms with Crippen molar-refractivity contribution in [3.05, 3.63) is 108 Å². The number of ether oxygens (including phenoxy) is 6. The predicted molar refractivity (Wildman–Crippen MR) is 231 cm³/mol. The number of hydrogen-bond acceptors (Lipinski definition) is 12. The van der Waals surface area contributed by atoms with Crippen molar-refractivity contribution >= 4 is 35.4 Å². The molecule has 12 nitrogen and oxygen atoms in total. The molecule has 12 heteroatoms. The first-order chi connectivity index (χ1) is 29.1. The highest BCUT2D eigenvalue weighted by atomic mass is 16.6. The zero-order valence-corrected chi connectivity index (χ0v) is 36.3. The molecule has 0 heterocycles. The van der Waals surface area contributed by atoms with E-state index < -0.39 is 60.7 Å². The van der Waals surface area contributed by atoms with E-state index in [1.165, 1.54) is 51.0 Å². The van der Waals surface area contributed by atoms with Crippen LogP contribution in [-0.2, 0) is 67.2 Å². The number of aryl methyl sites for hydroxylation is 2. The molecule has 0 radical (unpaired) electrons.